The first-order valence-corrected chi connectivity index (χ1v) is 5.99. The lowest BCUT2D eigenvalue weighted by atomic mass is 10.0. The van der Waals surface area contributed by atoms with Crippen LogP contribution in [0.1, 0.15) is 29.3 Å². The van der Waals surface area contributed by atoms with E-state index >= 15 is 0 Å². The van der Waals surface area contributed by atoms with Crippen molar-refractivity contribution >= 4 is 17.7 Å². The molecule has 0 heterocycles. The van der Waals surface area contributed by atoms with Crippen molar-refractivity contribution in [3.8, 4) is 0 Å². The van der Waals surface area contributed by atoms with Crippen molar-refractivity contribution < 1.29 is 19.4 Å². The van der Waals surface area contributed by atoms with E-state index in [2.05, 4.69) is 11.9 Å². The van der Waals surface area contributed by atoms with Crippen LogP contribution in [-0.4, -0.2) is 23.8 Å². The topological polar surface area (TPSA) is 75.6 Å². The number of anilines is 1. The zero-order valence-corrected chi connectivity index (χ0v) is 10.8. The third kappa shape index (κ3) is 4.46. The number of carboxylic acids is 1. The van der Waals surface area contributed by atoms with Crippen LogP contribution in [0.3, 0.4) is 0 Å². The van der Waals surface area contributed by atoms with Crippen molar-refractivity contribution in [3.63, 3.8) is 0 Å². The van der Waals surface area contributed by atoms with Gasteiger partial charge in [0.25, 0.3) is 0 Å². The van der Waals surface area contributed by atoms with E-state index in [-0.39, 0.29) is 12.2 Å². The number of ether oxygens (including phenoxy) is 1. The summed E-state index contributed by atoms with van der Waals surface area (Å²) < 4.78 is 4.81. The van der Waals surface area contributed by atoms with Crippen LogP contribution in [0.25, 0.3) is 0 Å². The van der Waals surface area contributed by atoms with Crippen molar-refractivity contribution in [2.75, 3.05) is 11.9 Å². The van der Waals surface area contributed by atoms with E-state index in [1.807, 2.05) is 6.92 Å². The van der Waals surface area contributed by atoms with E-state index in [1.165, 1.54) is 18.2 Å². The summed E-state index contributed by atoms with van der Waals surface area (Å²) in [7, 11) is 0. The Morgan fingerprint density at radius 1 is 1.47 bits per heavy atom. The highest BCUT2D eigenvalue weighted by Gasteiger charge is 2.11. The van der Waals surface area contributed by atoms with Gasteiger partial charge < -0.3 is 9.84 Å². The molecule has 0 saturated carbocycles. The maximum absolute atomic E-state index is 11.5. The Labute approximate surface area is 111 Å². The van der Waals surface area contributed by atoms with Gasteiger partial charge in [-0.05, 0) is 24.1 Å². The molecule has 0 fully saturated rings. The normalized spacial score (nSPS) is 9.74. The van der Waals surface area contributed by atoms with Crippen LogP contribution in [0.5, 0.6) is 0 Å². The van der Waals surface area contributed by atoms with Crippen molar-refractivity contribution in [2.45, 2.75) is 19.8 Å². The predicted molar refractivity (Wildman–Crippen MR) is 72.6 cm³/mol. The van der Waals surface area contributed by atoms with Crippen LogP contribution < -0.4 is 5.32 Å². The number of hydrogen-bond donors (Lipinski definition) is 2. The van der Waals surface area contributed by atoms with Gasteiger partial charge in [-0.3, -0.25) is 5.32 Å². The molecule has 0 aliphatic heterocycles. The van der Waals surface area contributed by atoms with Gasteiger partial charge in [0.1, 0.15) is 6.61 Å². The molecule has 2 N–H and O–H groups in total. The summed E-state index contributed by atoms with van der Waals surface area (Å²) >= 11 is 0. The van der Waals surface area contributed by atoms with Crippen LogP contribution >= 0.6 is 0 Å². The number of carbonyl (C=O) groups excluding carboxylic acids is 1. The van der Waals surface area contributed by atoms with Crippen LogP contribution in [0, 0.1) is 0 Å². The third-order valence-corrected chi connectivity index (χ3v) is 2.45. The van der Waals surface area contributed by atoms with E-state index in [4.69, 9.17) is 9.84 Å². The van der Waals surface area contributed by atoms with E-state index in [0.717, 1.165) is 18.4 Å². The van der Waals surface area contributed by atoms with Crippen LogP contribution in [0.2, 0.25) is 0 Å². The molecule has 0 aliphatic carbocycles. The Morgan fingerprint density at radius 3 is 2.79 bits per heavy atom. The number of aromatic carboxylic acids is 1. The first-order valence-electron chi connectivity index (χ1n) is 5.99. The summed E-state index contributed by atoms with van der Waals surface area (Å²) in [5.74, 6) is -1.04. The molecule has 0 aliphatic rings. The number of nitrogens with one attached hydrogen (secondary N) is 1. The minimum Gasteiger partial charge on any atom is -0.478 e. The zero-order chi connectivity index (χ0) is 14.3. The van der Waals surface area contributed by atoms with Crippen molar-refractivity contribution in [1.29, 1.82) is 0 Å². The zero-order valence-electron chi connectivity index (χ0n) is 10.8. The summed E-state index contributed by atoms with van der Waals surface area (Å²) in [5.41, 5.74) is 1.47. The Kier molecular flexibility index (Phi) is 5.60. The fraction of sp³-hybridized carbons (Fsp3) is 0.286. The molecule has 19 heavy (non-hydrogen) atoms. The standard InChI is InChI=1S/C14H17NO4/c1-3-5-10-6-7-11(13(16)17)9-12(10)15-14(18)19-8-4-2/h4,6-7,9H,2-3,5,8H2,1H3,(H,15,18)(H,16,17). The maximum Gasteiger partial charge on any atom is 0.411 e. The second kappa shape index (κ2) is 7.20. The van der Waals surface area contributed by atoms with Gasteiger partial charge in [-0.25, -0.2) is 9.59 Å². The number of carbonyl (C=O) groups is 2. The third-order valence-electron chi connectivity index (χ3n) is 2.45. The first-order chi connectivity index (χ1) is 9.08. The van der Waals surface area contributed by atoms with Gasteiger partial charge in [0, 0.05) is 5.69 Å². The Hall–Kier alpha value is -2.30. The molecule has 1 amide bonds. The fourth-order valence-corrected chi connectivity index (χ4v) is 1.59. The van der Waals surface area contributed by atoms with Crippen molar-refractivity contribution in [1.82, 2.24) is 0 Å². The fourth-order valence-electron chi connectivity index (χ4n) is 1.59. The Bertz CT molecular complexity index is 482. The second-order valence-electron chi connectivity index (χ2n) is 3.94. The molecule has 5 nitrogen and oxygen atoms in total. The lowest BCUT2D eigenvalue weighted by molar-refractivity contribution is 0.0697. The van der Waals surface area contributed by atoms with Crippen LogP contribution in [0.15, 0.2) is 30.9 Å². The van der Waals surface area contributed by atoms with Gasteiger partial charge in [0.15, 0.2) is 0 Å². The largest absolute Gasteiger partial charge is 0.478 e. The smallest absolute Gasteiger partial charge is 0.411 e. The molecule has 0 atom stereocenters. The average molecular weight is 263 g/mol. The molecule has 0 saturated heterocycles. The lowest BCUT2D eigenvalue weighted by Crippen LogP contribution is -2.15. The maximum atomic E-state index is 11.5. The molecule has 0 bridgehead atoms. The molecule has 0 aromatic heterocycles. The Balaban J connectivity index is 2.93. The summed E-state index contributed by atoms with van der Waals surface area (Å²) in [6.45, 7) is 5.55. The molecule has 1 aromatic carbocycles. The number of benzene rings is 1. The molecule has 1 rings (SSSR count). The minimum atomic E-state index is -1.04. The first kappa shape index (κ1) is 14.8. The van der Waals surface area contributed by atoms with Crippen molar-refractivity contribution in [3.05, 3.63) is 42.0 Å². The number of amides is 1. The highest BCUT2D eigenvalue weighted by molar-refractivity contribution is 5.92. The van der Waals surface area contributed by atoms with Crippen LogP contribution in [0.4, 0.5) is 10.5 Å². The second-order valence-corrected chi connectivity index (χ2v) is 3.94. The summed E-state index contributed by atoms with van der Waals surface area (Å²) in [4.78, 5) is 22.4. The SMILES string of the molecule is C=CCOC(=O)Nc1cc(C(=O)O)ccc1CCC. The van der Waals surface area contributed by atoms with Gasteiger partial charge in [0.05, 0.1) is 5.56 Å². The summed E-state index contributed by atoms with van der Waals surface area (Å²) in [6.07, 6.45) is 2.47. The van der Waals surface area contributed by atoms with Crippen LogP contribution in [-0.2, 0) is 11.2 Å². The van der Waals surface area contributed by atoms with E-state index in [0.29, 0.717) is 5.69 Å². The Morgan fingerprint density at radius 2 is 2.21 bits per heavy atom. The highest BCUT2D eigenvalue weighted by atomic mass is 16.5. The summed E-state index contributed by atoms with van der Waals surface area (Å²) in [6, 6.07) is 4.66. The number of aryl methyl sites for hydroxylation is 1. The average Bonchev–Trinajstić information content (AvgIpc) is 2.38. The van der Waals surface area contributed by atoms with Gasteiger partial charge in [-0.15, -0.1) is 0 Å². The molecule has 102 valence electrons. The van der Waals surface area contributed by atoms with Gasteiger partial charge in [-0.1, -0.05) is 32.1 Å². The molecule has 0 unspecified atom stereocenters. The minimum absolute atomic E-state index is 0.105. The molecular weight excluding hydrogens is 246 g/mol. The lowest BCUT2D eigenvalue weighted by Gasteiger charge is -2.11. The molecule has 1 aromatic rings. The van der Waals surface area contributed by atoms with Gasteiger partial charge >= 0.3 is 12.1 Å². The molecule has 0 spiro atoms. The predicted octanol–water partition coefficient (Wildman–Crippen LogP) is 3.07. The monoisotopic (exact) mass is 263 g/mol. The quantitative estimate of drug-likeness (QED) is 0.773. The van der Waals surface area contributed by atoms with E-state index in [1.54, 1.807) is 6.07 Å². The molecule has 0 radical (unpaired) electrons. The van der Waals surface area contributed by atoms with E-state index in [9.17, 15) is 9.59 Å². The number of carboxylic acid groups (broad SMARTS) is 1. The highest BCUT2D eigenvalue weighted by Crippen LogP contribution is 2.20. The van der Waals surface area contributed by atoms with Gasteiger partial charge in [-0.2, -0.15) is 0 Å². The van der Waals surface area contributed by atoms with E-state index < -0.39 is 12.1 Å². The van der Waals surface area contributed by atoms with Gasteiger partial charge in [0.2, 0.25) is 0 Å². The van der Waals surface area contributed by atoms with Crippen molar-refractivity contribution in [2.24, 2.45) is 0 Å². The molecule has 5 heteroatoms. The summed E-state index contributed by atoms with van der Waals surface area (Å²) in [5, 5.41) is 11.5. The number of rotatable bonds is 6. The molecular formula is C14H17NO4. The number of hydrogen-bond acceptors (Lipinski definition) is 3.